The lowest BCUT2D eigenvalue weighted by Crippen LogP contribution is -2.23. The third-order valence-corrected chi connectivity index (χ3v) is 4.81. The summed E-state index contributed by atoms with van der Waals surface area (Å²) in [7, 11) is 1.69. The summed E-state index contributed by atoms with van der Waals surface area (Å²) in [6.45, 7) is 5.28. The van der Waals surface area contributed by atoms with Crippen LogP contribution in [0.2, 0.25) is 0 Å². The number of hydrogen-bond acceptors (Lipinski definition) is 7. The van der Waals surface area contributed by atoms with Crippen molar-refractivity contribution in [3.63, 3.8) is 0 Å². The van der Waals surface area contributed by atoms with Crippen LogP contribution in [0.25, 0.3) is 0 Å². The number of nitrogens with zero attached hydrogens (tertiary/aromatic N) is 5. The molecule has 0 unspecified atom stereocenters. The van der Waals surface area contributed by atoms with Crippen molar-refractivity contribution >= 4 is 11.9 Å². The molecule has 1 aliphatic heterocycles. The summed E-state index contributed by atoms with van der Waals surface area (Å²) in [6, 6.07) is 0. The Morgan fingerprint density at radius 2 is 2.04 bits per heavy atom. The second kappa shape index (κ2) is 6.32. The molecule has 24 heavy (non-hydrogen) atoms. The van der Waals surface area contributed by atoms with Gasteiger partial charge in [0.1, 0.15) is 0 Å². The lowest BCUT2D eigenvalue weighted by Gasteiger charge is -2.17. The first kappa shape index (κ1) is 15.3. The second-order valence-electron chi connectivity index (χ2n) is 6.56. The molecule has 3 heterocycles. The number of rotatable bonds is 5. The van der Waals surface area contributed by atoms with Gasteiger partial charge in [0.05, 0.1) is 12.3 Å². The van der Waals surface area contributed by atoms with Crippen molar-refractivity contribution in [2.75, 3.05) is 43.6 Å². The van der Waals surface area contributed by atoms with Crippen LogP contribution in [0.5, 0.6) is 0 Å². The van der Waals surface area contributed by atoms with Crippen LogP contribution in [0, 0.1) is 12.8 Å². The number of aryl methyl sites for hydroxylation is 1. The van der Waals surface area contributed by atoms with Gasteiger partial charge in [-0.05, 0) is 30.4 Å². The van der Waals surface area contributed by atoms with E-state index in [1.807, 2.05) is 25.5 Å². The van der Waals surface area contributed by atoms with Crippen LogP contribution in [0.1, 0.15) is 22.7 Å². The third kappa shape index (κ3) is 2.80. The van der Waals surface area contributed by atoms with Gasteiger partial charge in [-0.25, -0.2) is 19.9 Å². The van der Waals surface area contributed by atoms with Gasteiger partial charge in [-0.1, -0.05) is 0 Å². The van der Waals surface area contributed by atoms with Crippen molar-refractivity contribution in [3.05, 3.63) is 35.4 Å². The van der Waals surface area contributed by atoms with E-state index in [2.05, 4.69) is 25.2 Å². The van der Waals surface area contributed by atoms with Crippen molar-refractivity contribution in [3.8, 4) is 0 Å². The average Bonchev–Trinajstić information content (AvgIpc) is 3.14. The van der Waals surface area contributed by atoms with Gasteiger partial charge in [-0.3, -0.25) is 0 Å². The van der Waals surface area contributed by atoms with Crippen molar-refractivity contribution in [2.24, 2.45) is 5.92 Å². The van der Waals surface area contributed by atoms with Crippen LogP contribution in [0.4, 0.5) is 11.9 Å². The van der Waals surface area contributed by atoms with Crippen LogP contribution in [-0.4, -0.2) is 53.3 Å². The van der Waals surface area contributed by atoms with E-state index < -0.39 is 0 Å². The minimum atomic E-state index is 0.441. The zero-order chi connectivity index (χ0) is 16.5. The number of nitrogens with one attached hydrogen (secondary N) is 1. The van der Waals surface area contributed by atoms with Crippen LogP contribution < -0.4 is 10.2 Å². The summed E-state index contributed by atoms with van der Waals surface area (Å²) in [4.78, 5) is 20.4. The topological polar surface area (TPSA) is 76.1 Å². The summed E-state index contributed by atoms with van der Waals surface area (Å²) >= 11 is 0. The number of ether oxygens (including phenoxy) is 1. The largest absolute Gasteiger partial charge is 0.383 e. The first-order chi connectivity index (χ1) is 11.7. The predicted octanol–water partition coefficient (Wildman–Crippen LogP) is 1.41. The molecule has 126 valence electrons. The summed E-state index contributed by atoms with van der Waals surface area (Å²) < 4.78 is 5.06. The molecule has 7 nitrogen and oxygen atoms in total. The summed E-state index contributed by atoms with van der Waals surface area (Å²) in [6.07, 6.45) is 6.78. The maximum atomic E-state index is 5.06. The Morgan fingerprint density at radius 3 is 2.83 bits per heavy atom. The van der Waals surface area contributed by atoms with Gasteiger partial charge in [0.15, 0.2) is 0 Å². The molecule has 1 saturated heterocycles. The van der Waals surface area contributed by atoms with E-state index in [9.17, 15) is 0 Å². The van der Waals surface area contributed by atoms with Crippen molar-refractivity contribution in [1.29, 1.82) is 0 Å². The lowest BCUT2D eigenvalue weighted by atomic mass is 9.99. The fraction of sp³-hybridized carbons (Fsp3) is 0.529. The van der Waals surface area contributed by atoms with Gasteiger partial charge in [0.2, 0.25) is 11.9 Å². The standard InChI is InChI=1S/C17H22N6O/c1-11-6-20-17(21-7-11)23-9-13-5-12-8-19-16(18-3-4-24-2)22-15(12)14(13)10-23/h6-8,13-14H,3-5,9-10H2,1-2H3,(H,18,19,22)/t13-,14-/m1/s1. The van der Waals surface area contributed by atoms with E-state index >= 15 is 0 Å². The molecule has 1 N–H and O–H groups in total. The molecule has 0 aromatic carbocycles. The Bertz CT molecular complexity index is 720. The van der Waals surface area contributed by atoms with Gasteiger partial charge >= 0.3 is 0 Å². The Hall–Kier alpha value is -2.28. The molecule has 4 rings (SSSR count). The van der Waals surface area contributed by atoms with Crippen molar-refractivity contribution in [1.82, 2.24) is 19.9 Å². The number of methoxy groups -OCH3 is 1. The fourth-order valence-corrected chi connectivity index (χ4v) is 3.63. The lowest BCUT2D eigenvalue weighted by molar-refractivity contribution is 0.210. The molecule has 0 spiro atoms. The van der Waals surface area contributed by atoms with Gasteiger partial charge in [-0.2, -0.15) is 0 Å². The molecule has 0 amide bonds. The average molecular weight is 326 g/mol. The Balaban J connectivity index is 1.50. The number of aromatic nitrogens is 4. The van der Waals surface area contributed by atoms with Gasteiger partial charge in [-0.15, -0.1) is 0 Å². The van der Waals surface area contributed by atoms with Crippen molar-refractivity contribution in [2.45, 2.75) is 19.3 Å². The van der Waals surface area contributed by atoms with Crippen LogP contribution in [0.3, 0.4) is 0 Å². The molecule has 2 aromatic rings. The van der Waals surface area contributed by atoms with E-state index in [4.69, 9.17) is 9.72 Å². The molecule has 7 heteroatoms. The highest BCUT2D eigenvalue weighted by molar-refractivity contribution is 5.42. The van der Waals surface area contributed by atoms with E-state index in [0.717, 1.165) is 31.0 Å². The quantitative estimate of drug-likeness (QED) is 0.833. The SMILES string of the molecule is COCCNc1ncc2c(n1)[C@@H]1CN(c3ncc(C)cn3)C[C@H]1C2. The van der Waals surface area contributed by atoms with E-state index in [1.165, 1.54) is 11.3 Å². The van der Waals surface area contributed by atoms with E-state index in [0.29, 0.717) is 30.9 Å². The molecule has 0 saturated carbocycles. The molecule has 1 fully saturated rings. The summed E-state index contributed by atoms with van der Waals surface area (Å²) in [5, 5.41) is 3.22. The predicted molar refractivity (Wildman–Crippen MR) is 91.3 cm³/mol. The summed E-state index contributed by atoms with van der Waals surface area (Å²) in [5.41, 5.74) is 3.55. The smallest absolute Gasteiger partial charge is 0.225 e. The van der Waals surface area contributed by atoms with Crippen molar-refractivity contribution < 1.29 is 4.74 Å². The first-order valence-corrected chi connectivity index (χ1v) is 8.37. The normalized spacial score (nSPS) is 21.7. The fourth-order valence-electron chi connectivity index (χ4n) is 3.63. The van der Waals surface area contributed by atoms with Crippen LogP contribution in [0.15, 0.2) is 18.6 Å². The molecule has 0 bridgehead atoms. The highest BCUT2D eigenvalue weighted by Gasteiger charge is 2.42. The Labute approximate surface area is 141 Å². The van der Waals surface area contributed by atoms with Gasteiger partial charge in [0.25, 0.3) is 0 Å². The maximum Gasteiger partial charge on any atom is 0.225 e. The Kier molecular flexibility index (Phi) is 4.02. The van der Waals surface area contributed by atoms with Gasteiger partial charge < -0.3 is 15.0 Å². The first-order valence-electron chi connectivity index (χ1n) is 8.37. The number of fused-ring (bicyclic) bond motifs is 3. The molecular weight excluding hydrogens is 304 g/mol. The molecule has 1 aliphatic carbocycles. The monoisotopic (exact) mass is 326 g/mol. The maximum absolute atomic E-state index is 5.06. The minimum absolute atomic E-state index is 0.441. The third-order valence-electron chi connectivity index (χ3n) is 4.81. The van der Waals surface area contributed by atoms with Crippen LogP contribution in [-0.2, 0) is 11.2 Å². The molecule has 0 radical (unpaired) electrons. The van der Waals surface area contributed by atoms with E-state index in [1.54, 1.807) is 7.11 Å². The second-order valence-corrected chi connectivity index (χ2v) is 6.56. The number of hydrogen-bond donors (Lipinski definition) is 1. The molecule has 2 atom stereocenters. The minimum Gasteiger partial charge on any atom is -0.383 e. The molecule has 2 aliphatic rings. The summed E-state index contributed by atoms with van der Waals surface area (Å²) in [5.74, 6) is 2.53. The Morgan fingerprint density at radius 1 is 1.21 bits per heavy atom. The number of anilines is 2. The zero-order valence-corrected chi connectivity index (χ0v) is 14.1. The highest BCUT2D eigenvalue weighted by atomic mass is 16.5. The van der Waals surface area contributed by atoms with Crippen LogP contribution >= 0.6 is 0 Å². The highest BCUT2D eigenvalue weighted by Crippen LogP contribution is 2.42. The zero-order valence-electron chi connectivity index (χ0n) is 14.1. The van der Waals surface area contributed by atoms with E-state index in [-0.39, 0.29) is 0 Å². The molecule has 2 aromatic heterocycles. The van der Waals surface area contributed by atoms with Gasteiger partial charge in [0, 0.05) is 51.3 Å². The molecular formula is C17H22N6O.